The number of unbranched alkanes of at least 4 members (excludes halogenated alkanes) is 1. The lowest BCUT2D eigenvalue weighted by Gasteiger charge is -2.15. The second-order valence-electron chi connectivity index (χ2n) is 4.06. The Bertz CT molecular complexity index is 368. The van der Waals surface area contributed by atoms with Crippen molar-refractivity contribution in [3.8, 4) is 0 Å². The molecule has 1 atom stereocenters. The average Bonchev–Trinajstić information content (AvgIpc) is 2.29. The molecule has 0 aliphatic rings. The third-order valence-corrected chi connectivity index (χ3v) is 2.95. The van der Waals surface area contributed by atoms with Crippen molar-refractivity contribution >= 4 is 17.5 Å². The molecule has 0 radical (unpaired) electrons. The number of rotatable bonds is 6. The Morgan fingerprint density at radius 2 is 2.12 bits per heavy atom. The Hall–Kier alpha value is -1.06. The van der Waals surface area contributed by atoms with E-state index in [1.165, 1.54) is 0 Å². The van der Waals surface area contributed by atoms with Gasteiger partial charge in [0.05, 0.1) is 6.04 Å². The summed E-state index contributed by atoms with van der Waals surface area (Å²) in [6, 6.07) is 7.48. The molecule has 1 aromatic carbocycles. The molecule has 17 heavy (non-hydrogen) atoms. The highest BCUT2D eigenvalue weighted by atomic mass is 35.5. The van der Waals surface area contributed by atoms with Crippen molar-refractivity contribution in [2.45, 2.75) is 32.2 Å². The lowest BCUT2D eigenvalue weighted by atomic mass is 10.1. The van der Waals surface area contributed by atoms with E-state index in [9.17, 15) is 4.79 Å². The number of benzene rings is 1. The number of carbonyl (C=O) groups is 1. The zero-order valence-corrected chi connectivity index (χ0v) is 10.8. The largest absolute Gasteiger partial charge is 0.350 e. The molecule has 0 aromatic heterocycles. The molecule has 1 aromatic rings. The first-order chi connectivity index (χ1) is 8.15. The van der Waals surface area contributed by atoms with E-state index in [2.05, 4.69) is 5.32 Å². The van der Waals surface area contributed by atoms with E-state index in [0.717, 1.165) is 18.4 Å². The van der Waals surface area contributed by atoms with E-state index in [4.69, 9.17) is 17.3 Å². The van der Waals surface area contributed by atoms with Crippen LogP contribution >= 0.6 is 11.6 Å². The predicted molar refractivity (Wildman–Crippen MR) is 70.9 cm³/mol. The van der Waals surface area contributed by atoms with E-state index in [0.29, 0.717) is 18.0 Å². The van der Waals surface area contributed by atoms with Crippen molar-refractivity contribution in [1.82, 2.24) is 5.32 Å². The maximum absolute atomic E-state index is 11.6. The number of nitrogens with two attached hydrogens (primary N) is 1. The van der Waals surface area contributed by atoms with Crippen LogP contribution in [-0.2, 0) is 4.79 Å². The highest BCUT2D eigenvalue weighted by Gasteiger charge is 2.11. The first kappa shape index (κ1) is 14.0. The van der Waals surface area contributed by atoms with Gasteiger partial charge in [-0.25, -0.2) is 0 Å². The molecular weight excluding hydrogens is 236 g/mol. The van der Waals surface area contributed by atoms with Crippen molar-refractivity contribution in [3.05, 3.63) is 34.9 Å². The molecule has 3 nitrogen and oxygen atoms in total. The molecule has 0 unspecified atom stereocenters. The molecule has 3 N–H and O–H groups in total. The van der Waals surface area contributed by atoms with Crippen molar-refractivity contribution < 1.29 is 4.79 Å². The van der Waals surface area contributed by atoms with E-state index < -0.39 is 0 Å². The summed E-state index contributed by atoms with van der Waals surface area (Å²) in [6.45, 7) is 2.56. The van der Waals surface area contributed by atoms with Crippen LogP contribution in [0.25, 0.3) is 0 Å². The fourth-order valence-corrected chi connectivity index (χ4v) is 1.95. The molecule has 0 aliphatic heterocycles. The zero-order chi connectivity index (χ0) is 12.7. The van der Waals surface area contributed by atoms with Crippen LogP contribution in [0.15, 0.2) is 24.3 Å². The van der Waals surface area contributed by atoms with Crippen LogP contribution < -0.4 is 11.1 Å². The van der Waals surface area contributed by atoms with Crippen molar-refractivity contribution in [3.63, 3.8) is 0 Å². The van der Waals surface area contributed by atoms with Gasteiger partial charge in [0.25, 0.3) is 0 Å². The number of hydrogen-bond donors (Lipinski definition) is 2. The van der Waals surface area contributed by atoms with Gasteiger partial charge in [0.1, 0.15) is 0 Å². The monoisotopic (exact) mass is 254 g/mol. The molecule has 0 aliphatic carbocycles. The summed E-state index contributed by atoms with van der Waals surface area (Å²) in [4.78, 5) is 11.6. The lowest BCUT2D eigenvalue weighted by molar-refractivity contribution is -0.121. The predicted octanol–water partition coefficient (Wildman–Crippen LogP) is 2.65. The van der Waals surface area contributed by atoms with E-state index in [1.807, 2.05) is 31.2 Å². The summed E-state index contributed by atoms with van der Waals surface area (Å²) >= 11 is 6.06. The van der Waals surface area contributed by atoms with Gasteiger partial charge >= 0.3 is 0 Å². The van der Waals surface area contributed by atoms with Gasteiger partial charge in [-0.05, 0) is 37.9 Å². The van der Waals surface area contributed by atoms with E-state index >= 15 is 0 Å². The molecule has 1 rings (SSSR count). The maximum Gasteiger partial charge on any atom is 0.220 e. The van der Waals surface area contributed by atoms with Crippen LogP contribution in [-0.4, -0.2) is 12.5 Å². The van der Waals surface area contributed by atoms with Crippen molar-refractivity contribution in [1.29, 1.82) is 0 Å². The van der Waals surface area contributed by atoms with Crippen molar-refractivity contribution in [2.75, 3.05) is 6.54 Å². The molecule has 94 valence electrons. The molecule has 0 spiro atoms. The fraction of sp³-hybridized carbons (Fsp3) is 0.462. The number of nitrogens with one attached hydrogen (secondary N) is 1. The lowest BCUT2D eigenvalue weighted by Crippen LogP contribution is -2.26. The third kappa shape index (κ3) is 4.75. The van der Waals surface area contributed by atoms with Crippen LogP contribution in [0.3, 0.4) is 0 Å². The minimum atomic E-state index is -0.0610. The summed E-state index contributed by atoms with van der Waals surface area (Å²) in [7, 11) is 0. The quantitative estimate of drug-likeness (QED) is 0.767. The number of halogens is 1. The van der Waals surface area contributed by atoms with Crippen LogP contribution in [0.5, 0.6) is 0 Å². The minimum absolute atomic E-state index is 0.0471. The molecule has 0 heterocycles. The Morgan fingerprint density at radius 1 is 1.41 bits per heavy atom. The summed E-state index contributed by atoms with van der Waals surface area (Å²) < 4.78 is 0. The number of amides is 1. The molecule has 0 bridgehead atoms. The standard InChI is InChI=1S/C13H19ClN2O/c1-10(11-6-2-3-7-12(11)14)16-13(17)8-4-5-9-15/h2-3,6-7,10H,4-5,8-9,15H2,1H3,(H,16,17)/t10-/m0/s1. The molecule has 0 saturated heterocycles. The van der Waals surface area contributed by atoms with Gasteiger partial charge in [0.2, 0.25) is 5.91 Å². The highest BCUT2D eigenvalue weighted by Crippen LogP contribution is 2.22. The second-order valence-corrected chi connectivity index (χ2v) is 4.46. The smallest absolute Gasteiger partial charge is 0.220 e. The SMILES string of the molecule is C[C@H](NC(=O)CCCCN)c1ccccc1Cl. The minimum Gasteiger partial charge on any atom is -0.350 e. The summed E-state index contributed by atoms with van der Waals surface area (Å²) in [5, 5.41) is 3.61. The van der Waals surface area contributed by atoms with Gasteiger partial charge in [-0.2, -0.15) is 0 Å². The van der Waals surface area contributed by atoms with E-state index in [1.54, 1.807) is 0 Å². The van der Waals surface area contributed by atoms with Crippen LogP contribution in [0.1, 0.15) is 37.8 Å². The van der Waals surface area contributed by atoms with Gasteiger partial charge in [-0.15, -0.1) is 0 Å². The summed E-state index contributed by atoms with van der Waals surface area (Å²) in [6.07, 6.45) is 2.23. The topological polar surface area (TPSA) is 55.1 Å². The Morgan fingerprint density at radius 3 is 2.76 bits per heavy atom. The van der Waals surface area contributed by atoms with Gasteiger partial charge < -0.3 is 11.1 Å². The van der Waals surface area contributed by atoms with Gasteiger partial charge in [-0.1, -0.05) is 29.8 Å². The van der Waals surface area contributed by atoms with Crippen LogP contribution in [0, 0.1) is 0 Å². The molecule has 4 heteroatoms. The Kier molecular flexibility index (Phi) is 6.01. The Balaban J connectivity index is 2.46. The van der Waals surface area contributed by atoms with Crippen LogP contribution in [0.4, 0.5) is 0 Å². The van der Waals surface area contributed by atoms with Gasteiger partial charge in [0, 0.05) is 11.4 Å². The van der Waals surface area contributed by atoms with Crippen molar-refractivity contribution in [2.24, 2.45) is 5.73 Å². The molecule has 0 fully saturated rings. The number of carbonyl (C=O) groups excluding carboxylic acids is 1. The first-order valence-corrected chi connectivity index (χ1v) is 6.26. The number of hydrogen-bond acceptors (Lipinski definition) is 2. The second kappa shape index (κ2) is 7.30. The maximum atomic E-state index is 11.6. The molecule has 0 saturated carbocycles. The Labute approximate surface area is 107 Å². The third-order valence-electron chi connectivity index (χ3n) is 2.61. The van der Waals surface area contributed by atoms with Crippen LogP contribution in [0.2, 0.25) is 5.02 Å². The van der Waals surface area contributed by atoms with Gasteiger partial charge in [-0.3, -0.25) is 4.79 Å². The summed E-state index contributed by atoms with van der Waals surface area (Å²) in [5.74, 6) is 0.0471. The zero-order valence-electron chi connectivity index (χ0n) is 10.1. The fourth-order valence-electron chi connectivity index (χ4n) is 1.65. The molecular formula is C13H19ClN2O. The average molecular weight is 255 g/mol. The highest BCUT2D eigenvalue weighted by molar-refractivity contribution is 6.31. The molecule has 1 amide bonds. The normalized spacial score (nSPS) is 12.2. The first-order valence-electron chi connectivity index (χ1n) is 5.89. The summed E-state index contributed by atoms with van der Waals surface area (Å²) in [5.41, 5.74) is 6.32. The van der Waals surface area contributed by atoms with E-state index in [-0.39, 0.29) is 11.9 Å². The van der Waals surface area contributed by atoms with Gasteiger partial charge in [0.15, 0.2) is 0 Å².